The minimum absolute atomic E-state index is 0.0210. The van der Waals surface area contributed by atoms with Crippen molar-refractivity contribution >= 4 is 46.5 Å². The van der Waals surface area contributed by atoms with Crippen LogP contribution >= 0.6 is 11.6 Å². The maximum absolute atomic E-state index is 14.8. The molecule has 4 amide bonds. The number of hydrogen-bond donors (Lipinski definition) is 2. The number of amides is 4. The summed E-state index contributed by atoms with van der Waals surface area (Å²) in [6.45, 7) is 2.59. The molecule has 0 bridgehead atoms. The van der Waals surface area contributed by atoms with Gasteiger partial charge >= 0.3 is 6.03 Å². The molecule has 2 fully saturated rings. The highest BCUT2D eigenvalue weighted by atomic mass is 35.5. The lowest BCUT2D eigenvalue weighted by Gasteiger charge is -2.24. The zero-order valence-corrected chi connectivity index (χ0v) is 19.6. The first-order valence-corrected chi connectivity index (χ1v) is 11.4. The lowest BCUT2D eigenvalue weighted by atomic mass is 10.1. The fraction of sp³-hybridized carbons (Fsp3) is 0.375. The summed E-state index contributed by atoms with van der Waals surface area (Å²) in [7, 11) is 1.51. The number of methoxy groups -OCH3 is 1. The highest BCUT2D eigenvalue weighted by molar-refractivity contribution is 6.30. The van der Waals surface area contributed by atoms with E-state index in [1.54, 1.807) is 35.2 Å². The fourth-order valence-electron chi connectivity index (χ4n) is 4.24. The average molecular weight is 489 g/mol. The van der Waals surface area contributed by atoms with Crippen molar-refractivity contribution in [3.05, 3.63) is 53.3 Å². The number of urea groups is 1. The van der Waals surface area contributed by atoms with Crippen molar-refractivity contribution in [2.75, 3.05) is 35.7 Å². The lowest BCUT2D eigenvalue weighted by molar-refractivity contribution is -0.120. The minimum atomic E-state index is -0.850. The van der Waals surface area contributed by atoms with Crippen LogP contribution in [0.1, 0.15) is 19.8 Å². The molecule has 3 atom stereocenters. The molecule has 4 rings (SSSR count). The molecule has 34 heavy (non-hydrogen) atoms. The molecule has 2 saturated heterocycles. The third-order valence-electron chi connectivity index (χ3n) is 6.25. The van der Waals surface area contributed by atoms with Crippen LogP contribution in [0.15, 0.2) is 42.5 Å². The van der Waals surface area contributed by atoms with E-state index >= 15 is 0 Å². The van der Waals surface area contributed by atoms with Crippen LogP contribution in [-0.2, 0) is 14.3 Å². The number of nitrogens with zero attached hydrogens (tertiary/aromatic N) is 2. The molecule has 8 nitrogen and oxygen atoms in total. The van der Waals surface area contributed by atoms with Gasteiger partial charge in [0.25, 0.3) is 0 Å². The van der Waals surface area contributed by atoms with Crippen LogP contribution in [0.3, 0.4) is 0 Å². The second-order valence-electron chi connectivity index (χ2n) is 8.53. The summed E-state index contributed by atoms with van der Waals surface area (Å²) in [6.07, 6.45) is 0.660. The standard InChI is InChI=1S/C24H26ClFN4O4/c1-14-9-10-29(23(14)32)17-7-8-20(19(26)11-17)28-22(31)21-12-18(34-2)13-30(21)24(33)27-16-5-3-15(25)4-6-16/h3-8,11,14,18,21H,9-10,12-13H2,1-2H3,(H,27,33)(H,28,31)/t14?,18-,21-/m1/s1. The predicted molar refractivity (Wildman–Crippen MR) is 128 cm³/mol. The molecule has 2 aliphatic heterocycles. The second kappa shape index (κ2) is 9.99. The molecule has 0 saturated carbocycles. The van der Waals surface area contributed by atoms with Gasteiger partial charge in [-0.15, -0.1) is 0 Å². The maximum Gasteiger partial charge on any atom is 0.322 e. The Kier molecular flexibility index (Phi) is 7.04. The predicted octanol–water partition coefficient (Wildman–Crippen LogP) is 4.11. The van der Waals surface area contributed by atoms with Gasteiger partial charge in [-0.1, -0.05) is 18.5 Å². The minimum Gasteiger partial charge on any atom is -0.380 e. The summed E-state index contributed by atoms with van der Waals surface area (Å²) in [6, 6.07) is 9.55. The Hall–Kier alpha value is -3.17. The first kappa shape index (κ1) is 24.0. The molecule has 2 aromatic carbocycles. The topological polar surface area (TPSA) is 91.0 Å². The monoisotopic (exact) mass is 488 g/mol. The van der Waals surface area contributed by atoms with Gasteiger partial charge in [0, 0.05) is 48.9 Å². The summed E-state index contributed by atoms with van der Waals surface area (Å²) < 4.78 is 20.2. The van der Waals surface area contributed by atoms with Gasteiger partial charge < -0.3 is 25.2 Å². The van der Waals surface area contributed by atoms with Crippen molar-refractivity contribution in [2.45, 2.75) is 31.9 Å². The van der Waals surface area contributed by atoms with E-state index in [1.807, 2.05) is 6.92 Å². The largest absolute Gasteiger partial charge is 0.380 e. The summed E-state index contributed by atoms with van der Waals surface area (Å²) in [4.78, 5) is 41.1. The van der Waals surface area contributed by atoms with Crippen LogP contribution < -0.4 is 15.5 Å². The number of halogens is 2. The van der Waals surface area contributed by atoms with Gasteiger partial charge in [-0.3, -0.25) is 9.59 Å². The maximum atomic E-state index is 14.8. The number of rotatable bonds is 5. The van der Waals surface area contributed by atoms with E-state index in [9.17, 15) is 18.8 Å². The van der Waals surface area contributed by atoms with Crippen LogP contribution in [0.4, 0.5) is 26.2 Å². The van der Waals surface area contributed by atoms with Crippen molar-refractivity contribution in [3.8, 4) is 0 Å². The zero-order valence-electron chi connectivity index (χ0n) is 18.9. The molecule has 10 heteroatoms. The van der Waals surface area contributed by atoms with Crippen LogP contribution in [0, 0.1) is 11.7 Å². The number of anilines is 3. The van der Waals surface area contributed by atoms with Crippen LogP contribution in [0.2, 0.25) is 5.02 Å². The quantitative estimate of drug-likeness (QED) is 0.662. The fourth-order valence-corrected chi connectivity index (χ4v) is 4.36. The molecular weight excluding hydrogens is 463 g/mol. The molecule has 2 aromatic rings. The van der Waals surface area contributed by atoms with E-state index in [-0.39, 0.29) is 36.6 Å². The van der Waals surface area contributed by atoms with E-state index in [4.69, 9.17) is 16.3 Å². The zero-order chi connectivity index (χ0) is 24.4. The van der Waals surface area contributed by atoms with E-state index < -0.39 is 23.8 Å². The van der Waals surface area contributed by atoms with Gasteiger partial charge in [-0.2, -0.15) is 0 Å². The van der Waals surface area contributed by atoms with Crippen LogP contribution in [-0.4, -0.2) is 55.1 Å². The Morgan fingerprint density at radius 2 is 1.88 bits per heavy atom. The summed E-state index contributed by atoms with van der Waals surface area (Å²) in [5.41, 5.74) is 0.961. The highest BCUT2D eigenvalue weighted by Crippen LogP contribution is 2.29. The average Bonchev–Trinajstić information content (AvgIpc) is 3.40. The third kappa shape index (κ3) is 5.00. The van der Waals surface area contributed by atoms with Crippen molar-refractivity contribution in [1.29, 1.82) is 0 Å². The van der Waals surface area contributed by atoms with Gasteiger partial charge in [0.15, 0.2) is 0 Å². The molecule has 180 valence electrons. The summed E-state index contributed by atoms with van der Waals surface area (Å²) in [5.74, 6) is -1.32. The third-order valence-corrected chi connectivity index (χ3v) is 6.50. The molecule has 0 radical (unpaired) electrons. The number of ether oxygens (including phenoxy) is 1. The van der Waals surface area contributed by atoms with Crippen molar-refractivity contribution in [3.63, 3.8) is 0 Å². The number of carbonyl (C=O) groups is 3. The van der Waals surface area contributed by atoms with E-state index in [1.165, 1.54) is 24.1 Å². The molecular formula is C24H26ClFN4O4. The number of nitrogens with one attached hydrogen (secondary N) is 2. The summed E-state index contributed by atoms with van der Waals surface area (Å²) in [5, 5.41) is 5.86. The highest BCUT2D eigenvalue weighted by Gasteiger charge is 2.40. The molecule has 2 aliphatic rings. The molecule has 0 aromatic heterocycles. The first-order valence-electron chi connectivity index (χ1n) is 11.0. The molecule has 2 N–H and O–H groups in total. The number of hydrogen-bond acceptors (Lipinski definition) is 4. The van der Waals surface area contributed by atoms with Crippen LogP contribution in [0.5, 0.6) is 0 Å². The van der Waals surface area contributed by atoms with Gasteiger partial charge in [-0.05, 0) is 48.9 Å². The molecule has 0 aliphatic carbocycles. The van der Waals surface area contributed by atoms with Gasteiger partial charge in [0.05, 0.1) is 11.8 Å². The Labute approximate surface area is 202 Å². The van der Waals surface area contributed by atoms with Crippen molar-refractivity contribution in [2.24, 2.45) is 5.92 Å². The van der Waals surface area contributed by atoms with Gasteiger partial charge in [0.1, 0.15) is 11.9 Å². The smallest absolute Gasteiger partial charge is 0.322 e. The second-order valence-corrected chi connectivity index (χ2v) is 8.97. The number of benzene rings is 2. The SMILES string of the molecule is CO[C@@H]1C[C@H](C(=O)Nc2ccc(N3CCC(C)C3=O)cc2F)N(C(=O)Nc2ccc(Cl)cc2)C1. The van der Waals surface area contributed by atoms with E-state index in [0.717, 1.165) is 6.42 Å². The molecule has 2 heterocycles. The normalized spacial score (nSPS) is 22.2. The van der Waals surface area contributed by atoms with Gasteiger partial charge in [-0.25, -0.2) is 9.18 Å². The van der Waals surface area contributed by atoms with E-state index in [0.29, 0.717) is 22.9 Å². The number of likely N-dealkylation sites (tertiary alicyclic amines) is 1. The van der Waals surface area contributed by atoms with E-state index in [2.05, 4.69) is 10.6 Å². The van der Waals surface area contributed by atoms with Crippen molar-refractivity contribution < 1.29 is 23.5 Å². The Balaban J connectivity index is 1.46. The summed E-state index contributed by atoms with van der Waals surface area (Å²) >= 11 is 5.89. The molecule has 0 spiro atoms. The number of carbonyl (C=O) groups excluding carboxylic acids is 3. The Bertz CT molecular complexity index is 1100. The Morgan fingerprint density at radius 3 is 2.50 bits per heavy atom. The van der Waals surface area contributed by atoms with Crippen molar-refractivity contribution in [1.82, 2.24) is 4.90 Å². The lowest BCUT2D eigenvalue weighted by Crippen LogP contribution is -2.45. The molecule has 1 unspecified atom stereocenters. The van der Waals surface area contributed by atoms with Crippen LogP contribution in [0.25, 0.3) is 0 Å². The Morgan fingerprint density at radius 1 is 1.15 bits per heavy atom. The van der Waals surface area contributed by atoms with Gasteiger partial charge in [0.2, 0.25) is 11.8 Å². The first-order chi connectivity index (χ1) is 16.3.